The fourth-order valence-corrected chi connectivity index (χ4v) is 2.10. The van der Waals surface area contributed by atoms with Gasteiger partial charge in [0.25, 0.3) is 0 Å². The highest BCUT2D eigenvalue weighted by Crippen LogP contribution is 2.46. The summed E-state index contributed by atoms with van der Waals surface area (Å²) in [6.07, 6.45) is -0.686. The largest absolute Gasteiger partial charge is 0.472 e. The zero-order valence-corrected chi connectivity index (χ0v) is 10.3. The fourth-order valence-electron chi connectivity index (χ4n) is 1.45. The van der Waals surface area contributed by atoms with Crippen LogP contribution in [0.15, 0.2) is 0 Å². The van der Waals surface area contributed by atoms with Gasteiger partial charge in [-0.05, 0) is 13.3 Å². The summed E-state index contributed by atoms with van der Waals surface area (Å²) < 4.78 is 31.0. The van der Waals surface area contributed by atoms with E-state index in [1.807, 2.05) is 6.92 Å². The van der Waals surface area contributed by atoms with Gasteiger partial charge in [-0.2, -0.15) is 0 Å². The van der Waals surface area contributed by atoms with Crippen LogP contribution in [0.25, 0.3) is 0 Å². The molecule has 8 heteroatoms. The number of hydrogen-bond donors (Lipinski definition) is 1. The lowest BCUT2D eigenvalue weighted by Gasteiger charge is -2.20. The normalized spacial score (nSPS) is 33.8. The van der Waals surface area contributed by atoms with Gasteiger partial charge in [-0.15, -0.1) is 0 Å². The summed E-state index contributed by atoms with van der Waals surface area (Å²) in [5.41, 5.74) is 0. The Morgan fingerprint density at radius 2 is 2.31 bits per heavy atom. The Morgan fingerprint density at radius 3 is 2.88 bits per heavy atom. The van der Waals surface area contributed by atoms with Gasteiger partial charge in [0.05, 0.1) is 12.7 Å². The Kier molecular flexibility index (Phi) is 5.44. The minimum absolute atomic E-state index is 0.276. The van der Waals surface area contributed by atoms with Gasteiger partial charge < -0.3 is 14.4 Å². The predicted molar refractivity (Wildman–Crippen MR) is 57.2 cm³/mol. The third-order valence-corrected chi connectivity index (χ3v) is 3.21. The predicted octanol–water partition coefficient (Wildman–Crippen LogP) is 0.438. The second-order valence-electron chi connectivity index (χ2n) is 3.40. The van der Waals surface area contributed by atoms with Crippen molar-refractivity contribution in [1.29, 1.82) is 0 Å². The van der Waals surface area contributed by atoms with Gasteiger partial charge in [-0.25, -0.2) is 4.57 Å². The van der Waals surface area contributed by atoms with Crippen molar-refractivity contribution in [1.82, 2.24) is 0 Å². The molecule has 1 fully saturated rings. The highest BCUT2D eigenvalue weighted by atomic mass is 31.2. The molecule has 4 atom stereocenters. The zero-order chi connectivity index (χ0) is 12.2. The molecule has 0 saturated carbocycles. The van der Waals surface area contributed by atoms with Crippen LogP contribution in [0.2, 0.25) is 0 Å². The van der Waals surface area contributed by atoms with Gasteiger partial charge in [0, 0.05) is 19.7 Å². The van der Waals surface area contributed by atoms with E-state index >= 15 is 0 Å². The van der Waals surface area contributed by atoms with Crippen LogP contribution in [0.3, 0.4) is 0 Å². The number of rotatable bonds is 6. The van der Waals surface area contributed by atoms with Gasteiger partial charge in [-0.3, -0.25) is 9.05 Å². The van der Waals surface area contributed by atoms with Crippen molar-refractivity contribution in [2.24, 2.45) is 0 Å². The van der Waals surface area contributed by atoms with E-state index in [-0.39, 0.29) is 6.61 Å². The topological polar surface area (TPSA) is 74.2 Å². The summed E-state index contributed by atoms with van der Waals surface area (Å²) >= 11 is 0. The summed E-state index contributed by atoms with van der Waals surface area (Å²) in [5, 5.41) is 0. The second kappa shape index (κ2) is 6.14. The molecule has 0 aromatic carbocycles. The zero-order valence-electron chi connectivity index (χ0n) is 9.37. The number of phosphoric ester groups is 1. The van der Waals surface area contributed by atoms with Gasteiger partial charge in [0.15, 0.2) is 0 Å². The van der Waals surface area contributed by atoms with Gasteiger partial charge in [-0.1, -0.05) is 0 Å². The molecule has 0 aromatic rings. The Balaban J connectivity index is 2.52. The summed E-state index contributed by atoms with van der Waals surface area (Å²) in [4.78, 5) is 9.19. The van der Waals surface area contributed by atoms with Crippen molar-refractivity contribution in [3.63, 3.8) is 0 Å². The van der Waals surface area contributed by atoms with Crippen molar-refractivity contribution >= 4 is 15.7 Å². The fraction of sp³-hybridized carbons (Fsp3) is 1.00. The number of phosphoric acid groups is 1. The van der Waals surface area contributed by atoms with E-state index in [1.165, 1.54) is 0 Å². The molecule has 6 nitrogen and oxygen atoms in total. The van der Waals surface area contributed by atoms with Crippen LogP contribution < -0.4 is 0 Å². The van der Waals surface area contributed by atoms with Crippen LogP contribution in [-0.4, -0.2) is 51.3 Å². The van der Waals surface area contributed by atoms with E-state index < -0.39 is 26.0 Å². The number of ether oxygens (including phenoxy) is 2. The van der Waals surface area contributed by atoms with E-state index in [9.17, 15) is 9.46 Å². The molecular weight excluding hydrogens is 234 g/mol. The third kappa shape index (κ3) is 4.16. The molecule has 0 aromatic heterocycles. The maximum absolute atomic E-state index is 11.2. The smallest absolute Gasteiger partial charge is 0.380 e. The maximum Gasteiger partial charge on any atom is 0.472 e. The lowest BCUT2D eigenvalue weighted by molar-refractivity contribution is -0.0281. The lowest BCUT2D eigenvalue weighted by atomic mass is 9.96. The second-order valence-corrected chi connectivity index (χ2v) is 4.92. The van der Waals surface area contributed by atoms with Crippen LogP contribution in [0.1, 0.15) is 13.3 Å². The molecule has 1 aliphatic rings. The first-order chi connectivity index (χ1) is 7.48. The quantitative estimate of drug-likeness (QED) is 0.544. The van der Waals surface area contributed by atoms with E-state index in [4.69, 9.17) is 21.8 Å². The Morgan fingerprint density at radius 1 is 1.62 bits per heavy atom. The van der Waals surface area contributed by atoms with E-state index in [0.717, 1.165) is 7.11 Å². The van der Waals surface area contributed by atoms with E-state index in [0.29, 0.717) is 13.0 Å². The van der Waals surface area contributed by atoms with Crippen molar-refractivity contribution < 1.29 is 28.0 Å². The first kappa shape index (κ1) is 14.2. The standard InChI is InChI=1S/C8H16BO6P/c1-3-13-5-7-6(4-8(9)14-7)15-16(10,11)12-2/h6-8H,3-5H2,1-2H3,(H,10,11)/t6-,7+,8+/m0/s1. The first-order valence-corrected chi connectivity index (χ1v) is 6.53. The summed E-state index contributed by atoms with van der Waals surface area (Å²) in [7, 11) is 2.67. The molecule has 16 heavy (non-hydrogen) atoms. The molecule has 0 spiro atoms. The van der Waals surface area contributed by atoms with Crippen LogP contribution >= 0.6 is 7.82 Å². The first-order valence-electron chi connectivity index (χ1n) is 5.04. The summed E-state index contributed by atoms with van der Waals surface area (Å²) in [5.74, 6) is 0. The summed E-state index contributed by atoms with van der Waals surface area (Å²) in [6, 6.07) is -0.507. The Hall–Kier alpha value is 0.0949. The molecule has 0 aliphatic carbocycles. The van der Waals surface area contributed by atoms with Crippen LogP contribution in [-0.2, 0) is 23.1 Å². The van der Waals surface area contributed by atoms with Crippen LogP contribution in [0.4, 0.5) is 0 Å². The molecule has 1 unspecified atom stereocenters. The average Bonchev–Trinajstić information content (AvgIpc) is 2.55. The highest BCUT2D eigenvalue weighted by Gasteiger charge is 2.38. The molecule has 0 amide bonds. The molecule has 1 saturated heterocycles. The maximum atomic E-state index is 11.2. The Labute approximate surface area is 96.2 Å². The molecular formula is C8H16BO6P. The number of hydrogen-bond acceptors (Lipinski definition) is 5. The molecule has 92 valence electrons. The Bertz CT molecular complexity index is 263. The minimum atomic E-state index is -4.01. The molecule has 1 aliphatic heterocycles. The summed E-state index contributed by atoms with van der Waals surface area (Å²) in [6.45, 7) is 2.65. The van der Waals surface area contributed by atoms with Gasteiger partial charge in [0.2, 0.25) is 0 Å². The minimum Gasteiger partial charge on any atom is -0.380 e. The molecule has 1 heterocycles. The third-order valence-electron chi connectivity index (χ3n) is 2.21. The van der Waals surface area contributed by atoms with Crippen molar-refractivity contribution in [2.45, 2.75) is 31.6 Å². The molecule has 0 bridgehead atoms. The SMILES string of the molecule is [B][C@H]1C[C@H](OP(=O)(O)OC)[C@@H](COCC)O1. The molecule has 1 rings (SSSR count). The molecule has 2 radical (unpaired) electrons. The highest BCUT2D eigenvalue weighted by molar-refractivity contribution is 7.47. The van der Waals surface area contributed by atoms with E-state index in [1.54, 1.807) is 0 Å². The van der Waals surface area contributed by atoms with Crippen molar-refractivity contribution in [3.8, 4) is 0 Å². The van der Waals surface area contributed by atoms with Crippen molar-refractivity contribution in [3.05, 3.63) is 0 Å². The monoisotopic (exact) mass is 250 g/mol. The van der Waals surface area contributed by atoms with E-state index in [2.05, 4.69) is 4.52 Å². The van der Waals surface area contributed by atoms with Crippen LogP contribution in [0, 0.1) is 0 Å². The van der Waals surface area contributed by atoms with Gasteiger partial charge >= 0.3 is 7.82 Å². The van der Waals surface area contributed by atoms with Gasteiger partial charge in [0.1, 0.15) is 14.0 Å². The van der Waals surface area contributed by atoms with Crippen molar-refractivity contribution in [2.75, 3.05) is 20.3 Å². The molecule has 1 N–H and O–H groups in total. The lowest BCUT2D eigenvalue weighted by Crippen LogP contribution is -2.28. The van der Waals surface area contributed by atoms with Crippen LogP contribution in [0.5, 0.6) is 0 Å². The average molecular weight is 250 g/mol.